The van der Waals surface area contributed by atoms with Crippen LogP contribution in [0.25, 0.3) is 0 Å². The van der Waals surface area contributed by atoms with Gasteiger partial charge in [0.2, 0.25) is 0 Å². The molecule has 0 spiro atoms. The van der Waals surface area contributed by atoms with Crippen LogP contribution in [0.1, 0.15) is 206 Å². The van der Waals surface area contributed by atoms with Gasteiger partial charge in [0, 0.05) is 44.0 Å². The third-order valence-corrected chi connectivity index (χ3v) is 14.9. The second-order valence-corrected chi connectivity index (χ2v) is 22.4. The largest absolute Gasteiger partial charge is 0.465 e. The molecule has 1 rings (SSSR count). The van der Waals surface area contributed by atoms with E-state index in [-0.39, 0.29) is 58.0 Å². The summed E-state index contributed by atoms with van der Waals surface area (Å²) in [6.45, 7) is 7.58. The van der Waals surface area contributed by atoms with Crippen molar-refractivity contribution in [2.75, 3.05) is 71.2 Å². The zero-order chi connectivity index (χ0) is 54.0. The molecule has 1 amide bonds. The van der Waals surface area contributed by atoms with E-state index in [1.54, 1.807) is 31.2 Å². The number of unbranched alkanes of at least 4 members (excludes halogenated alkanes) is 22. The highest BCUT2D eigenvalue weighted by Gasteiger charge is 2.39. The summed E-state index contributed by atoms with van der Waals surface area (Å²) in [5, 5.41) is 11.6. The van der Waals surface area contributed by atoms with Crippen LogP contribution in [0.3, 0.4) is 0 Å². The minimum atomic E-state index is -1.45. The molecule has 1 aromatic carbocycles. The number of amides is 1. The molecule has 13 nitrogen and oxygen atoms in total. The first-order valence-electron chi connectivity index (χ1n) is 28.6. The molecule has 0 radical (unpaired) electrons. The smallest absolute Gasteiger partial charge is 0.407 e. The van der Waals surface area contributed by atoms with Crippen molar-refractivity contribution in [1.29, 1.82) is 0 Å². The molecule has 0 aliphatic heterocycles. The number of allylic oxidation sites excluding steroid dienone is 4. The molecule has 0 saturated carbocycles. The molecule has 0 unspecified atom stereocenters. The van der Waals surface area contributed by atoms with Gasteiger partial charge < -0.3 is 39.0 Å². The van der Waals surface area contributed by atoms with Crippen molar-refractivity contribution < 1.29 is 52.8 Å². The maximum Gasteiger partial charge on any atom is 0.407 e. The number of nitrogens with zero attached hydrogens (tertiary/aromatic N) is 1. The van der Waals surface area contributed by atoms with Gasteiger partial charge in [0.15, 0.2) is 0 Å². The van der Waals surface area contributed by atoms with Crippen LogP contribution < -0.4 is 10.1 Å². The third-order valence-electron chi connectivity index (χ3n) is 12.5. The first-order chi connectivity index (χ1) is 36.0. The lowest BCUT2D eigenvalue weighted by Gasteiger charge is -2.26. The topological polar surface area (TPSA) is 167 Å². The van der Waals surface area contributed by atoms with Gasteiger partial charge in [0.05, 0.1) is 13.0 Å². The van der Waals surface area contributed by atoms with Crippen LogP contribution in [0.4, 0.5) is 4.79 Å². The molecule has 0 bridgehead atoms. The molecule has 15 heteroatoms. The molecule has 0 atom stereocenters. The molecule has 0 saturated heterocycles. The maximum atomic E-state index is 13.7. The molecule has 74 heavy (non-hydrogen) atoms. The van der Waals surface area contributed by atoms with Gasteiger partial charge in [0.1, 0.15) is 37.6 Å². The van der Waals surface area contributed by atoms with E-state index >= 15 is 0 Å². The van der Waals surface area contributed by atoms with E-state index in [4.69, 9.17) is 28.8 Å². The summed E-state index contributed by atoms with van der Waals surface area (Å²) < 4.78 is 27.6. The lowest BCUT2D eigenvalue weighted by atomic mass is 9.93. The minimum Gasteiger partial charge on any atom is -0.465 e. The molecule has 0 aromatic heterocycles. The van der Waals surface area contributed by atoms with Gasteiger partial charge in [-0.1, -0.05) is 175 Å². The van der Waals surface area contributed by atoms with Gasteiger partial charge in [-0.3, -0.25) is 19.2 Å². The number of alkyl carbamates (subject to hydrolysis) is 1. The fraction of sp³-hybridized carbons (Fsp3) is 0.746. The molecule has 0 heterocycles. The summed E-state index contributed by atoms with van der Waals surface area (Å²) in [6, 6.07) is 6.53. The van der Waals surface area contributed by atoms with E-state index < -0.39 is 35.4 Å². The van der Waals surface area contributed by atoms with Crippen molar-refractivity contribution >= 4 is 51.6 Å². The minimum absolute atomic E-state index is 0.0296. The Balaban J connectivity index is 2.54. The van der Waals surface area contributed by atoms with Crippen LogP contribution in [-0.2, 0) is 44.5 Å². The summed E-state index contributed by atoms with van der Waals surface area (Å²) in [4.78, 5) is 65.8. The standard InChI is InChI=1S/C59H100N2O11S2/c1-5-7-9-11-13-15-17-19-21-23-25-27-29-31-33-35-54(63)70-50-59(3,51-71-55(64)36-34-32-30-28-26-24-22-20-18-16-14-12-10-8-6-2)57(66)72-53-39-37-52(38-40-53)49-56(65)68-45-47-73-74-48-46-69-58(67)60-41-42-61(4)43-44-62/h19-22,37-40,62H,5-18,23-36,41-51H2,1-4H3,(H,60,67)/b21-19-,22-20-. The normalized spacial score (nSPS) is 11.6. The Morgan fingerprint density at radius 3 is 1.46 bits per heavy atom. The average molecular weight is 1080 g/mol. The molecular weight excluding hydrogens is 977 g/mol. The first kappa shape index (κ1) is 68.5. The first-order valence-corrected chi connectivity index (χ1v) is 31.0. The second-order valence-electron chi connectivity index (χ2n) is 19.7. The average Bonchev–Trinajstić information content (AvgIpc) is 3.38. The number of carbonyl (C=O) groups is 5. The molecule has 1 aromatic rings. The van der Waals surface area contributed by atoms with Crippen LogP contribution in [0, 0.1) is 5.41 Å². The van der Waals surface area contributed by atoms with E-state index in [9.17, 15) is 24.0 Å². The highest BCUT2D eigenvalue weighted by Crippen LogP contribution is 2.25. The van der Waals surface area contributed by atoms with Crippen molar-refractivity contribution in [2.45, 2.75) is 207 Å². The monoisotopic (exact) mass is 1080 g/mol. The maximum absolute atomic E-state index is 13.7. The Labute approximate surface area is 456 Å². The number of ether oxygens (including phenoxy) is 5. The Morgan fingerprint density at radius 2 is 1.00 bits per heavy atom. The van der Waals surface area contributed by atoms with Gasteiger partial charge in [0.25, 0.3) is 0 Å². The third kappa shape index (κ3) is 41.7. The summed E-state index contributed by atoms with van der Waals surface area (Å²) >= 11 is 0. The number of aliphatic hydroxyl groups excluding tert-OH is 1. The molecular formula is C59H100N2O11S2. The Morgan fingerprint density at radius 1 is 0.568 bits per heavy atom. The molecule has 0 fully saturated rings. The quantitative estimate of drug-likeness (QED) is 0.0158. The molecule has 424 valence electrons. The Hall–Kier alpha value is -3.53. The Kier molecular flexibility index (Phi) is 45.4. The van der Waals surface area contributed by atoms with Crippen molar-refractivity contribution in [1.82, 2.24) is 10.2 Å². The predicted molar refractivity (Wildman–Crippen MR) is 305 cm³/mol. The lowest BCUT2D eigenvalue weighted by Crippen LogP contribution is -2.41. The molecule has 0 aliphatic rings. The fourth-order valence-electron chi connectivity index (χ4n) is 7.74. The molecule has 0 aliphatic carbocycles. The van der Waals surface area contributed by atoms with Crippen LogP contribution in [0.15, 0.2) is 48.6 Å². The summed E-state index contributed by atoms with van der Waals surface area (Å²) in [5.41, 5.74) is -0.778. The van der Waals surface area contributed by atoms with E-state index in [1.807, 2.05) is 11.9 Å². The number of hydrogen-bond acceptors (Lipinski definition) is 14. The zero-order valence-corrected chi connectivity index (χ0v) is 48.1. The van der Waals surface area contributed by atoms with Crippen molar-refractivity contribution in [3.63, 3.8) is 0 Å². The Bertz CT molecular complexity index is 1570. The summed E-state index contributed by atoms with van der Waals surface area (Å²) in [5.74, 6) is -0.528. The van der Waals surface area contributed by atoms with E-state index in [0.29, 0.717) is 49.5 Å². The zero-order valence-electron chi connectivity index (χ0n) is 46.5. The SMILES string of the molecule is CCCCCCCC/C=C\CCCCCCCC(=O)OCC(C)(COC(=O)CCCCCCC/C=C\CCCCCCCC)C(=O)Oc1ccc(CC(=O)OCCSSCCOC(=O)NCCN(C)CCO)cc1. The number of rotatable bonds is 50. The number of esters is 4. The van der Waals surface area contributed by atoms with Gasteiger partial charge in [-0.25, -0.2) is 4.79 Å². The summed E-state index contributed by atoms with van der Waals surface area (Å²) in [7, 11) is 4.88. The van der Waals surface area contributed by atoms with Gasteiger partial charge in [-0.15, -0.1) is 0 Å². The van der Waals surface area contributed by atoms with Crippen LogP contribution >= 0.6 is 21.6 Å². The van der Waals surface area contributed by atoms with Crippen molar-refractivity contribution in [2.24, 2.45) is 5.41 Å². The van der Waals surface area contributed by atoms with Gasteiger partial charge in [-0.05, 0) is 95.9 Å². The number of aliphatic hydroxyl groups is 1. The number of likely N-dealkylation sites (N-methyl/N-ethyl adjacent to an activating group) is 1. The van der Waals surface area contributed by atoms with Gasteiger partial charge in [-0.2, -0.15) is 0 Å². The van der Waals surface area contributed by atoms with E-state index in [2.05, 4.69) is 43.5 Å². The van der Waals surface area contributed by atoms with Crippen molar-refractivity contribution in [3.05, 3.63) is 54.1 Å². The van der Waals surface area contributed by atoms with Crippen LogP contribution in [0.5, 0.6) is 5.75 Å². The van der Waals surface area contributed by atoms with Crippen molar-refractivity contribution in [3.8, 4) is 5.75 Å². The van der Waals surface area contributed by atoms with Gasteiger partial charge >= 0.3 is 30.0 Å². The summed E-state index contributed by atoms with van der Waals surface area (Å²) in [6.07, 6.45) is 39.4. The fourth-order valence-corrected chi connectivity index (χ4v) is 9.40. The number of hydrogen-bond donors (Lipinski definition) is 2. The van der Waals surface area contributed by atoms with Crippen LogP contribution in [0.2, 0.25) is 0 Å². The van der Waals surface area contributed by atoms with E-state index in [0.717, 1.165) is 77.0 Å². The number of nitrogens with one attached hydrogen (secondary N) is 1. The lowest BCUT2D eigenvalue weighted by molar-refractivity contribution is -0.164. The predicted octanol–water partition coefficient (Wildman–Crippen LogP) is 13.9. The highest BCUT2D eigenvalue weighted by molar-refractivity contribution is 8.76. The van der Waals surface area contributed by atoms with E-state index in [1.165, 1.54) is 98.6 Å². The molecule has 2 N–H and O–H groups in total. The number of carbonyl (C=O) groups excluding carboxylic acids is 5. The highest BCUT2D eigenvalue weighted by atomic mass is 33.1. The number of benzene rings is 1. The second kappa shape index (κ2) is 49.1. The van der Waals surface area contributed by atoms with Crippen LogP contribution in [-0.4, -0.2) is 111 Å².